The highest BCUT2D eigenvalue weighted by molar-refractivity contribution is 7.15. The number of nitrogens with zero attached hydrogens (tertiary/aromatic N) is 2. The minimum Gasteiger partial charge on any atom is -0.351 e. The molecule has 1 unspecified atom stereocenters. The highest BCUT2D eigenvalue weighted by atomic mass is 32.1. The molecule has 1 atom stereocenters. The molecule has 0 radical (unpaired) electrons. The van der Waals surface area contributed by atoms with Crippen molar-refractivity contribution in [1.82, 2.24) is 4.98 Å². The summed E-state index contributed by atoms with van der Waals surface area (Å²) in [6.07, 6.45) is 4.46. The number of fused-ring (bicyclic) bond motifs is 1. The molecule has 2 heterocycles. The zero-order chi connectivity index (χ0) is 13.2. The van der Waals surface area contributed by atoms with Crippen LogP contribution in [0.2, 0.25) is 0 Å². The van der Waals surface area contributed by atoms with Crippen LogP contribution < -0.4 is 10.6 Å². The van der Waals surface area contributed by atoms with E-state index in [1.165, 1.54) is 21.9 Å². The Morgan fingerprint density at radius 2 is 2.42 bits per heavy atom. The summed E-state index contributed by atoms with van der Waals surface area (Å²) in [6, 6.07) is 4.52. The Kier molecular flexibility index (Phi) is 3.86. The lowest BCUT2D eigenvalue weighted by Crippen LogP contribution is -2.19. The molecule has 2 aromatic rings. The van der Waals surface area contributed by atoms with Crippen LogP contribution in [0.1, 0.15) is 34.3 Å². The van der Waals surface area contributed by atoms with Gasteiger partial charge in [0.25, 0.3) is 0 Å². The number of thiazole rings is 1. The maximum absolute atomic E-state index is 6.16. The average Bonchev–Trinajstić information content (AvgIpc) is 3.05. The van der Waals surface area contributed by atoms with Crippen molar-refractivity contribution in [3.8, 4) is 0 Å². The van der Waals surface area contributed by atoms with E-state index in [1.54, 1.807) is 11.3 Å². The van der Waals surface area contributed by atoms with Gasteiger partial charge in [-0.1, -0.05) is 6.07 Å². The molecule has 5 heteroatoms. The molecule has 0 spiro atoms. The van der Waals surface area contributed by atoms with Crippen LogP contribution in [0.25, 0.3) is 0 Å². The predicted octanol–water partition coefficient (Wildman–Crippen LogP) is 3.22. The number of aryl methyl sites for hydroxylation is 1. The molecule has 0 aliphatic heterocycles. The van der Waals surface area contributed by atoms with E-state index in [-0.39, 0.29) is 6.04 Å². The molecule has 0 bridgehead atoms. The van der Waals surface area contributed by atoms with Crippen molar-refractivity contribution >= 4 is 27.8 Å². The summed E-state index contributed by atoms with van der Waals surface area (Å²) in [4.78, 5) is 9.77. The molecule has 3 nitrogen and oxygen atoms in total. The van der Waals surface area contributed by atoms with Gasteiger partial charge in [-0.05, 0) is 37.1 Å². The van der Waals surface area contributed by atoms with Crippen LogP contribution in [0.4, 0.5) is 5.13 Å². The fourth-order valence-electron chi connectivity index (χ4n) is 2.43. The van der Waals surface area contributed by atoms with Gasteiger partial charge in [-0.15, -0.1) is 22.7 Å². The lowest BCUT2D eigenvalue weighted by Gasteiger charge is -2.15. The molecule has 0 saturated heterocycles. The first-order valence-electron chi connectivity index (χ1n) is 6.73. The van der Waals surface area contributed by atoms with Crippen LogP contribution in [0.5, 0.6) is 0 Å². The normalized spacial score (nSPS) is 18.3. The lowest BCUT2D eigenvalue weighted by atomic mass is 9.99. The van der Waals surface area contributed by atoms with E-state index in [9.17, 15) is 0 Å². The second kappa shape index (κ2) is 5.61. The van der Waals surface area contributed by atoms with Gasteiger partial charge >= 0.3 is 0 Å². The second-order valence-corrected chi connectivity index (χ2v) is 7.10. The van der Waals surface area contributed by atoms with Crippen LogP contribution in [-0.2, 0) is 12.8 Å². The molecule has 1 aliphatic rings. The maximum atomic E-state index is 6.16. The highest BCUT2D eigenvalue weighted by Gasteiger charge is 2.22. The minimum absolute atomic E-state index is 0.209. The van der Waals surface area contributed by atoms with Crippen LogP contribution in [0.15, 0.2) is 17.5 Å². The Balaban J connectivity index is 1.68. The highest BCUT2D eigenvalue weighted by Crippen LogP contribution is 2.36. The largest absolute Gasteiger partial charge is 0.351 e. The maximum Gasteiger partial charge on any atom is 0.185 e. The van der Waals surface area contributed by atoms with Gasteiger partial charge in [-0.3, -0.25) is 0 Å². The Morgan fingerprint density at radius 1 is 1.53 bits per heavy atom. The van der Waals surface area contributed by atoms with Crippen LogP contribution in [0, 0.1) is 0 Å². The van der Waals surface area contributed by atoms with Crippen molar-refractivity contribution < 1.29 is 0 Å². The number of aromatic nitrogens is 1. The predicted molar refractivity (Wildman–Crippen MR) is 83.3 cm³/mol. The van der Waals surface area contributed by atoms with E-state index in [4.69, 9.17) is 10.7 Å². The molecule has 0 fully saturated rings. The van der Waals surface area contributed by atoms with E-state index in [2.05, 4.69) is 29.5 Å². The molecular formula is C14H19N3S2. The van der Waals surface area contributed by atoms with Gasteiger partial charge in [0.15, 0.2) is 5.13 Å². The number of hydrogen-bond acceptors (Lipinski definition) is 5. The number of nitrogens with two attached hydrogens (primary N) is 1. The van der Waals surface area contributed by atoms with Crippen molar-refractivity contribution in [2.24, 2.45) is 5.73 Å². The van der Waals surface area contributed by atoms with Gasteiger partial charge < -0.3 is 10.6 Å². The third-order valence-electron chi connectivity index (χ3n) is 3.58. The quantitative estimate of drug-likeness (QED) is 0.941. The van der Waals surface area contributed by atoms with E-state index in [0.29, 0.717) is 0 Å². The number of likely N-dealkylation sites (N-methyl/N-ethyl adjacent to an activating group) is 1. The number of hydrogen-bond donors (Lipinski definition) is 1. The Labute approximate surface area is 122 Å². The molecule has 3 rings (SSSR count). The zero-order valence-electron chi connectivity index (χ0n) is 11.1. The first-order chi connectivity index (χ1) is 9.24. The van der Waals surface area contributed by atoms with Gasteiger partial charge in [-0.2, -0.15) is 0 Å². The van der Waals surface area contributed by atoms with E-state index >= 15 is 0 Å². The van der Waals surface area contributed by atoms with Crippen molar-refractivity contribution in [3.05, 3.63) is 33.0 Å². The smallest absolute Gasteiger partial charge is 0.185 e. The SMILES string of the molecule is CN(CCc1cccs1)c1nc2c(s1)C(N)CCC2. The molecule has 2 N–H and O–H groups in total. The van der Waals surface area contributed by atoms with E-state index < -0.39 is 0 Å². The summed E-state index contributed by atoms with van der Waals surface area (Å²) in [6.45, 7) is 1.02. The number of thiophene rings is 1. The summed E-state index contributed by atoms with van der Waals surface area (Å²) in [5.74, 6) is 0. The van der Waals surface area contributed by atoms with Crippen LogP contribution in [0.3, 0.4) is 0 Å². The van der Waals surface area contributed by atoms with E-state index in [0.717, 1.165) is 30.9 Å². The van der Waals surface area contributed by atoms with Gasteiger partial charge in [-0.25, -0.2) is 4.98 Å². The first-order valence-corrected chi connectivity index (χ1v) is 8.42. The van der Waals surface area contributed by atoms with Gasteiger partial charge in [0.1, 0.15) is 0 Å². The monoisotopic (exact) mass is 293 g/mol. The van der Waals surface area contributed by atoms with Crippen LogP contribution >= 0.6 is 22.7 Å². The zero-order valence-corrected chi connectivity index (χ0v) is 12.8. The van der Waals surface area contributed by atoms with Crippen molar-refractivity contribution in [2.45, 2.75) is 31.7 Å². The lowest BCUT2D eigenvalue weighted by molar-refractivity contribution is 0.573. The fraction of sp³-hybridized carbons (Fsp3) is 0.500. The second-order valence-electron chi connectivity index (χ2n) is 5.06. The van der Waals surface area contributed by atoms with E-state index in [1.807, 2.05) is 11.3 Å². The third-order valence-corrected chi connectivity index (χ3v) is 5.86. The van der Waals surface area contributed by atoms with Crippen molar-refractivity contribution in [1.29, 1.82) is 0 Å². The minimum atomic E-state index is 0.209. The van der Waals surface area contributed by atoms with Crippen LogP contribution in [-0.4, -0.2) is 18.6 Å². The topological polar surface area (TPSA) is 42.2 Å². The van der Waals surface area contributed by atoms with Crippen molar-refractivity contribution in [2.75, 3.05) is 18.5 Å². The fourth-order valence-corrected chi connectivity index (χ4v) is 4.26. The third kappa shape index (κ3) is 2.83. The first kappa shape index (κ1) is 13.1. The molecule has 0 amide bonds. The average molecular weight is 293 g/mol. The summed E-state index contributed by atoms with van der Waals surface area (Å²) in [7, 11) is 2.13. The standard InChI is InChI=1S/C14H19N3S2/c1-17(8-7-10-4-3-9-18-10)14-16-12-6-2-5-11(15)13(12)19-14/h3-4,9,11H,2,5-8,15H2,1H3. The van der Waals surface area contributed by atoms with Gasteiger partial charge in [0.05, 0.1) is 5.69 Å². The van der Waals surface area contributed by atoms with Gasteiger partial charge in [0.2, 0.25) is 0 Å². The number of anilines is 1. The molecule has 1 aliphatic carbocycles. The number of rotatable bonds is 4. The summed E-state index contributed by atoms with van der Waals surface area (Å²) < 4.78 is 0. The molecule has 2 aromatic heterocycles. The summed E-state index contributed by atoms with van der Waals surface area (Å²) in [5, 5.41) is 3.26. The Hall–Kier alpha value is -0.910. The Morgan fingerprint density at radius 3 is 3.16 bits per heavy atom. The van der Waals surface area contributed by atoms with Gasteiger partial charge in [0, 0.05) is 29.4 Å². The molecule has 0 saturated carbocycles. The summed E-state index contributed by atoms with van der Waals surface area (Å²) >= 11 is 3.61. The molecule has 102 valence electrons. The molecule has 0 aromatic carbocycles. The molecular weight excluding hydrogens is 274 g/mol. The summed E-state index contributed by atoms with van der Waals surface area (Å²) in [5.41, 5.74) is 7.40. The Bertz CT molecular complexity index is 533. The molecule has 19 heavy (non-hydrogen) atoms. The van der Waals surface area contributed by atoms with Crippen molar-refractivity contribution in [3.63, 3.8) is 0 Å².